The Bertz CT molecular complexity index is 348. The summed E-state index contributed by atoms with van der Waals surface area (Å²) < 4.78 is 25.0. The second-order valence-corrected chi connectivity index (χ2v) is 3.26. The molecular formula is C8H5BrF2N2. The van der Waals surface area contributed by atoms with Crippen molar-refractivity contribution in [3.05, 3.63) is 27.5 Å². The molecule has 0 saturated heterocycles. The molecule has 0 amide bonds. The molecule has 0 aliphatic rings. The van der Waals surface area contributed by atoms with Crippen LogP contribution in [0.2, 0.25) is 0 Å². The molecule has 0 aliphatic heterocycles. The molecule has 1 rings (SSSR count). The van der Waals surface area contributed by atoms with Gasteiger partial charge in [-0.15, -0.1) is 0 Å². The van der Waals surface area contributed by atoms with Crippen LogP contribution in [0, 0.1) is 18.3 Å². The van der Waals surface area contributed by atoms with Crippen LogP contribution in [0.25, 0.3) is 0 Å². The molecule has 0 aromatic carbocycles. The minimum Gasteiger partial charge on any atom is -0.242 e. The highest BCUT2D eigenvalue weighted by Gasteiger charge is 2.16. The predicted octanol–water partition coefficient (Wildman–Crippen LogP) is 2.96. The van der Waals surface area contributed by atoms with Crippen LogP contribution >= 0.6 is 15.9 Å². The lowest BCUT2D eigenvalue weighted by atomic mass is 10.2. The molecule has 5 heteroatoms. The average molecular weight is 247 g/mol. The van der Waals surface area contributed by atoms with E-state index in [0.29, 0.717) is 0 Å². The molecule has 0 bridgehead atoms. The fourth-order valence-electron chi connectivity index (χ4n) is 0.963. The SMILES string of the molecule is Cc1nc(C#N)cc(Br)c1C(F)F. The molecule has 0 spiro atoms. The largest absolute Gasteiger partial charge is 0.266 e. The van der Waals surface area contributed by atoms with Crippen molar-refractivity contribution < 1.29 is 8.78 Å². The van der Waals surface area contributed by atoms with E-state index in [1.165, 1.54) is 13.0 Å². The number of alkyl halides is 2. The first-order chi connectivity index (χ1) is 6.06. The molecule has 0 aliphatic carbocycles. The van der Waals surface area contributed by atoms with Crippen molar-refractivity contribution in [3.63, 3.8) is 0 Å². The molecule has 1 heterocycles. The van der Waals surface area contributed by atoms with Crippen LogP contribution in [-0.2, 0) is 0 Å². The zero-order valence-electron chi connectivity index (χ0n) is 6.68. The van der Waals surface area contributed by atoms with Crippen LogP contribution in [0.4, 0.5) is 8.78 Å². The topological polar surface area (TPSA) is 36.7 Å². The molecule has 0 N–H and O–H groups in total. The number of pyridine rings is 1. The molecule has 68 valence electrons. The van der Waals surface area contributed by atoms with E-state index in [1.54, 1.807) is 6.07 Å². The number of halogens is 3. The number of nitrogens with zero attached hydrogens (tertiary/aromatic N) is 2. The molecular weight excluding hydrogens is 242 g/mol. The average Bonchev–Trinajstić information content (AvgIpc) is 2.02. The minimum atomic E-state index is -2.57. The van der Waals surface area contributed by atoms with Gasteiger partial charge in [0.2, 0.25) is 0 Å². The summed E-state index contributed by atoms with van der Waals surface area (Å²) in [5, 5.41) is 8.50. The van der Waals surface area contributed by atoms with Gasteiger partial charge in [0, 0.05) is 10.2 Å². The highest BCUT2D eigenvalue weighted by atomic mass is 79.9. The summed E-state index contributed by atoms with van der Waals surface area (Å²) >= 11 is 2.97. The van der Waals surface area contributed by atoms with E-state index in [1.807, 2.05) is 0 Å². The summed E-state index contributed by atoms with van der Waals surface area (Å²) in [5.74, 6) is 0. The Morgan fingerprint density at radius 3 is 2.62 bits per heavy atom. The zero-order chi connectivity index (χ0) is 10.0. The van der Waals surface area contributed by atoms with Gasteiger partial charge < -0.3 is 0 Å². The lowest BCUT2D eigenvalue weighted by Crippen LogP contribution is -1.97. The Labute approximate surface area is 82.3 Å². The van der Waals surface area contributed by atoms with E-state index in [2.05, 4.69) is 20.9 Å². The first-order valence-electron chi connectivity index (χ1n) is 3.41. The van der Waals surface area contributed by atoms with Crippen molar-refractivity contribution >= 4 is 15.9 Å². The lowest BCUT2D eigenvalue weighted by Gasteiger charge is -2.06. The second kappa shape index (κ2) is 3.79. The summed E-state index contributed by atoms with van der Waals surface area (Å²) in [7, 11) is 0. The molecule has 0 saturated carbocycles. The van der Waals surface area contributed by atoms with E-state index in [4.69, 9.17) is 5.26 Å². The minimum absolute atomic E-state index is 0.133. The van der Waals surface area contributed by atoms with Gasteiger partial charge in [-0.2, -0.15) is 5.26 Å². The molecule has 0 atom stereocenters. The molecule has 1 aromatic rings. The molecule has 2 nitrogen and oxygen atoms in total. The van der Waals surface area contributed by atoms with Crippen LogP contribution in [0.5, 0.6) is 0 Å². The highest BCUT2D eigenvalue weighted by Crippen LogP contribution is 2.29. The third-order valence-corrected chi connectivity index (χ3v) is 2.19. The van der Waals surface area contributed by atoms with E-state index in [9.17, 15) is 8.78 Å². The fraction of sp³-hybridized carbons (Fsp3) is 0.250. The fourth-order valence-corrected chi connectivity index (χ4v) is 1.64. The Morgan fingerprint density at radius 2 is 2.23 bits per heavy atom. The van der Waals surface area contributed by atoms with Crippen molar-refractivity contribution in [2.45, 2.75) is 13.3 Å². The van der Waals surface area contributed by atoms with Crippen molar-refractivity contribution in [2.75, 3.05) is 0 Å². The number of rotatable bonds is 1. The maximum absolute atomic E-state index is 12.4. The molecule has 13 heavy (non-hydrogen) atoms. The maximum Gasteiger partial charge on any atom is 0.266 e. The molecule has 0 radical (unpaired) electrons. The Kier molecular flexibility index (Phi) is 2.94. The number of nitriles is 1. The number of hydrogen-bond acceptors (Lipinski definition) is 2. The summed E-state index contributed by atoms with van der Waals surface area (Å²) in [6, 6.07) is 3.07. The van der Waals surface area contributed by atoms with Gasteiger partial charge >= 0.3 is 0 Å². The van der Waals surface area contributed by atoms with Gasteiger partial charge in [-0.3, -0.25) is 0 Å². The Balaban J connectivity index is 3.33. The van der Waals surface area contributed by atoms with Gasteiger partial charge in [0.05, 0.1) is 5.56 Å². The van der Waals surface area contributed by atoms with Gasteiger partial charge in [-0.05, 0) is 13.0 Å². The smallest absolute Gasteiger partial charge is 0.242 e. The highest BCUT2D eigenvalue weighted by molar-refractivity contribution is 9.10. The van der Waals surface area contributed by atoms with E-state index >= 15 is 0 Å². The monoisotopic (exact) mass is 246 g/mol. The van der Waals surface area contributed by atoms with E-state index < -0.39 is 6.43 Å². The molecule has 0 unspecified atom stereocenters. The van der Waals surface area contributed by atoms with Gasteiger partial charge in [-0.25, -0.2) is 13.8 Å². The summed E-state index contributed by atoms with van der Waals surface area (Å²) in [4.78, 5) is 3.70. The first kappa shape index (κ1) is 10.1. The van der Waals surface area contributed by atoms with Crippen LogP contribution < -0.4 is 0 Å². The van der Waals surface area contributed by atoms with Crippen LogP contribution in [0.1, 0.15) is 23.4 Å². The lowest BCUT2D eigenvalue weighted by molar-refractivity contribution is 0.149. The quantitative estimate of drug-likeness (QED) is 0.764. The summed E-state index contributed by atoms with van der Waals surface area (Å²) in [6.45, 7) is 1.45. The maximum atomic E-state index is 12.4. The van der Waals surface area contributed by atoms with Crippen molar-refractivity contribution in [1.82, 2.24) is 4.98 Å². The number of aromatic nitrogens is 1. The van der Waals surface area contributed by atoms with Gasteiger partial charge in [0.25, 0.3) is 6.43 Å². The van der Waals surface area contributed by atoms with Crippen molar-refractivity contribution in [3.8, 4) is 6.07 Å². The van der Waals surface area contributed by atoms with Crippen molar-refractivity contribution in [2.24, 2.45) is 0 Å². The third kappa shape index (κ3) is 2.01. The zero-order valence-corrected chi connectivity index (χ0v) is 8.27. The second-order valence-electron chi connectivity index (χ2n) is 2.40. The van der Waals surface area contributed by atoms with E-state index in [0.717, 1.165) is 0 Å². The summed E-state index contributed by atoms with van der Waals surface area (Å²) in [6.07, 6.45) is -2.57. The third-order valence-electron chi connectivity index (χ3n) is 1.53. The Hall–Kier alpha value is -1.02. The van der Waals surface area contributed by atoms with Crippen LogP contribution in [0.3, 0.4) is 0 Å². The first-order valence-corrected chi connectivity index (χ1v) is 4.21. The predicted molar refractivity (Wildman–Crippen MR) is 46.3 cm³/mol. The van der Waals surface area contributed by atoms with Gasteiger partial charge in [0.15, 0.2) is 0 Å². The number of aryl methyl sites for hydroxylation is 1. The van der Waals surface area contributed by atoms with Gasteiger partial charge in [0.1, 0.15) is 11.8 Å². The Morgan fingerprint density at radius 1 is 1.62 bits per heavy atom. The molecule has 0 fully saturated rings. The van der Waals surface area contributed by atoms with E-state index in [-0.39, 0.29) is 21.4 Å². The number of hydrogen-bond donors (Lipinski definition) is 0. The van der Waals surface area contributed by atoms with Gasteiger partial charge in [-0.1, -0.05) is 15.9 Å². The van der Waals surface area contributed by atoms with Crippen LogP contribution in [-0.4, -0.2) is 4.98 Å². The normalized spacial score (nSPS) is 10.2. The van der Waals surface area contributed by atoms with Crippen molar-refractivity contribution in [1.29, 1.82) is 5.26 Å². The van der Waals surface area contributed by atoms with Crippen LogP contribution in [0.15, 0.2) is 10.5 Å². The standard InChI is InChI=1S/C8H5BrF2N2/c1-4-7(8(10)11)6(9)2-5(3-12)13-4/h2,8H,1H3. The summed E-state index contributed by atoms with van der Waals surface area (Å²) in [5.41, 5.74) is 0.161. The molecule has 1 aromatic heterocycles.